The summed E-state index contributed by atoms with van der Waals surface area (Å²) in [6, 6.07) is 13.9. The Balaban J connectivity index is 0.000000396. The number of carboxylic acids is 1. The molecule has 0 aliphatic carbocycles. The SMILES string of the molecule is O=C(O)C(F)(F)F.Oc1ccc(OCc2cnc(Nc3ccc(Cl)cc3)nc2)cc1. The second kappa shape index (κ2) is 10.3. The molecule has 0 bridgehead atoms. The average molecular weight is 442 g/mol. The van der Waals surface area contributed by atoms with Crippen LogP contribution in [-0.2, 0) is 11.4 Å². The number of ether oxygens (including phenoxy) is 1. The molecular formula is C19H15ClF3N3O4. The van der Waals surface area contributed by atoms with E-state index >= 15 is 0 Å². The van der Waals surface area contributed by atoms with E-state index in [0.717, 1.165) is 11.3 Å². The number of aromatic hydroxyl groups is 1. The van der Waals surface area contributed by atoms with Crippen molar-refractivity contribution < 1.29 is 32.9 Å². The van der Waals surface area contributed by atoms with Gasteiger partial charge in [0.15, 0.2) is 0 Å². The Kier molecular flexibility index (Phi) is 7.82. The fourth-order valence-corrected chi connectivity index (χ4v) is 1.99. The highest BCUT2D eigenvalue weighted by molar-refractivity contribution is 6.30. The maximum atomic E-state index is 10.6. The molecule has 158 valence electrons. The lowest BCUT2D eigenvalue weighted by molar-refractivity contribution is -0.192. The molecule has 0 saturated carbocycles. The molecule has 30 heavy (non-hydrogen) atoms. The first-order chi connectivity index (χ1) is 14.1. The van der Waals surface area contributed by atoms with Gasteiger partial charge in [-0.1, -0.05) is 11.6 Å². The Morgan fingerprint density at radius 3 is 2.07 bits per heavy atom. The van der Waals surface area contributed by atoms with E-state index in [1.54, 1.807) is 48.8 Å². The molecule has 1 heterocycles. The summed E-state index contributed by atoms with van der Waals surface area (Å²) < 4.78 is 37.3. The van der Waals surface area contributed by atoms with E-state index < -0.39 is 12.1 Å². The highest BCUT2D eigenvalue weighted by atomic mass is 35.5. The zero-order valence-electron chi connectivity index (χ0n) is 15.1. The number of phenolic OH excluding ortho intramolecular Hbond substituents is 1. The number of carboxylic acid groups (broad SMARTS) is 1. The number of aliphatic carboxylic acids is 1. The van der Waals surface area contributed by atoms with Crippen molar-refractivity contribution in [1.82, 2.24) is 9.97 Å². The summed E-state index contributed by atoms with van der Waals surface area (Å²) >= 11 is 5.84. The number of rotatable bonds is 5. The number of nitrogens with one attached hydrogen (secondary N) is 1. The van der Waals surface area contributed by atoms with Gasteiger partial charge >= 0.3 is 12.1 Å². The number of nitrogens with zero attached hydrogens (tertiary/aromatic N) is 2. The standard InChI is InChI=1S/C17H14ClN3O2.C2HF3O2/c18-13-1-3-14(4-2-13)21-17-19-9-12(10-20-17)11-23-16-7-5-15(22)6-8-16;3-2(4,5)1(6)7/h1-10,22H,11H2,(H,19,20,21);(H,6,7). The number of phenols is 1. The molecule has 3 N–H and O–H groups in total. The van der Waals surface area contributed by atoms with Crippen molar-refractivity contribution in [1.29, 1.82) is 0 Å². The quantitative estimate of drug-likeness (QED) is 0.522. The topological polar surface area (TPSA) is 105 Å². The van der Waals surface area contributed by atoms with Crippen LogP contribution < -0.4 is 10.1 Å². The lowest BCUT2D eigenvalue weighted by Gasteiger charge is -2.07. The van der Waals surface area contributed by atoms with Crippen molar-refractivity contribution >= 4 is 29.2 Å². The van der Waals surface area contributed by atoms with Gasteiger partial charge in [0.1, 0.15) is 18.1 Å². The molecule has 7 nitrogen and oxygen atoms in total. The predicted octanol–water partition coefficient (Wildman–Crippen LogP) is 4.79. The Bertz CT molecular complexity index is 951. The molecule has 0 aliphatic rings. The molecule has 11 heteroatoms. The first-order valence-corrected chi connectivity index (χ1v) is 8.57. The van der Waals surface area contributed by atoms with Crippen molar-refractivity contribution in [3.63, 3.8) is 0 Å². The van der Waals surface area contributed by atoms with Crippen LogP contribution in [0, 0.1) is 0 Å². The molecule has 0 fully saturated rings. The van der Waals surface area contributed by atoms with Gasteiger partial charge in [0, 0.05) is 28.7 Å². The van der Waals surface area contributed by atoms with Gasteiger partial charge in [0.05, 0.1) is 0 Å². The molecule has 0 saturated heterocycles. The predicted molar refractivity (Wildman–Crippen MR) is 103 cm³/mol. The van der Waals surface area contributed by atoms with Crippen molar-refractivity contribution in [3.05, 3.63) is 71.5 Å². The van der Waals surface area contributed by atoms with Crippen LogP contribution in [0.2, 0.25) is 5.02 Å². The summed E-state index contributed by atoms with van der Waals surface area (Å²) in [5.74, 6) is -1.38. The third-order valence-electron chi connectivity index (χ3n) is 3.29. The number of anilines is 2. The van der Waals surface area contributed by atoms with E-state index in [2.05, 4.69) is 15.3 Å². The van der Waals surface area contributed by atoms with E-state index in [9.17, 15) is 18.3 Å². The zero-order valence-corrected chi connectivity index (χ0v) is 15.9. The van der Waals surface area contributed by atoms with Crippen LogP contribution >= 0.6 is 11.6 Å². The molecule has 0 aliphatic heterocycles. The minimum Gasteiger partial charge on any atom is -0.508 e. The van der Waals surface area contributed by atoms with E-state index in [0.29, 0.717) is 23.3 Å². The lowest BCUT2D eigenvalue weighted by atomic mass is 10.3. The van der Waals surface area contributed by atoms with Crippen molar-refractivity contribution in [3.8, 4) is 11.5 Å². The molecule has 2 aromatic carbocycles. The summed E-state index contributed by atoms with van der Waals surface area (Å²) in [5, 5.41) is 20.1. The Hall–Kier alpha value is -3.53. The Labute approximate surface area is 173 Å². The first kappa shape index (κ1) is 22.8. The highest BCUT2D eigenvalue weighted by Gasteiger charge is 2.38. The summed E-state index contributed by atoms with van der Waals surface area (Å²) in [4.78, 5) is 17.4. The van der Waals surface area contributed by atoms with Gasteiger partial charge in [-0.25, -0.2) is 14.8 Å². The van der Waals surface area contributed by atoms with Gasteiger partial charge in [-0.15, -0.1) is 0 Å². The second-order valence-corrected chi connectivity index (χ2v) is 6.07. The fraction of sp³-hybridized carbons (Fsp3) is 0.105. The number of carbonyl (C=O) groups is 1. The van der Waals surface area contributed by atoms with Gasteiger partial charge < -0.3 is 20.3 Å². The lowest BCUT2D eigenvalue weighted by Crippen LogP contribution is -2.21. The highest BCUT2D eigenvalue weighted by Crippen LogP contribution is 2.18. The normalized spacial score (nSPS) is 10.5. The third kappa shape index (κ3) is 7.84. The van der Waals surface area contributed by atoms with Crippen LogP contribution in [0.25, 0.3) is 0 Å². The van der Waals surface area contributed by atoms with E-state index in [1.165, 1.54) is 0 Å². The molecular weight excluding hydrogens is 427 g/mol. The smallest absolute Gasteiger partial charge is 0.490 e. The second-order valence-electron chi connectivity index (χ2n) is 5.63. The third-order valence-corrected chi connectivity index (χ3v) is 3.54. The maximum Gasteiger partial charge on any atom is 0.490 e. The van der Waals surface area contributed by atoms with Crippen LogP contribution in [-0.4, -0.2) is 32.3 Å². The van der Waals surface area contributed by atoms with E-state index in [1.807, 2.05) is 12.1 Å². The zero-order chi connectivity index (χ0) is 22.1. The number of benzene rings is 2. The summed E-state index contributed by atoms with van der Waals surface area (Å²) in [6.07, 6.45) is -1.68. The number of hydrogen-bond donors (Lipinski definition) is 3. The maximum absolute atomic E-state index is 10.6. The molecule has 0 spiro atoms. The summed E-state index contributed by atoms with van der Waals surface area (Å²) in [5.41, 5.74) is 1.71. The van der Waals surface area contributed by atoms with Crippen LogP contribution in [0.15, 0.2) is 60.9 Å². The van der Waals surface area contributed by atoms with Crippen LogP contribution in [0.1, 0.15) is 5.56 Å². The Morgan fingerprint density at radius 2 is 1.57 bits per heavy atom. The number of halogens is 4. The van der Waals surface area contributed by atoms with Crippen molar-refractivity contribution in [2.75, 3.05) is 5.32 Å². The molecule has 0 amide bonds. The molecule has 1 aromatic heterocycles. The average Bonchev–Trinajstić information content (AvgIpc) is 2.70. The van der Waals surface area contributed by atoms with Crippen LogP contribution in [0.5, 0.6) is 11.5 Å². The first-order valence-electron chi connectivity index (χ1n) is 8.19. The summed E-state index contributed by atoms with van der Waals surface area (Å²) in [7, 11) is 0. The van der Waals surface area contributed by atoms with Gasteiger partial charge in [0.2, 0.25) is 5.95 Å². The molecule has 0 atom stereocenters. The minimum atomic E-state index is -5.08. The Morgan fingerprint density at radius 1 is 1.03 bits per heavy atom. The minimum absolute atomic E-state index is 0.207. The van der Waals surface area contributed by atoms with Crippen LogP contribution in [0.4, 0.5) is 24.8 Å². The van der Waals surface area contributed by atoms with Gasteiger partial charge in [-0.2, -0.15) is 13.2 Å². The molecule has 0 radical (unpaired) electrons. The van der Waals surface area contributed by atoms with E-state index in [4.69, 9.17) is 26.2 Å². The van der Waals surface area contributed by atoms with Gasteiger partial charge in [0.25, 0.3) is 0 Å². The number of aromatic nitrogens is 2. The molecule has 3 aromatic rings. The largest absolute Gasteiger partial charge is 0.508 e. The fourth-order valence-electron chi connectivity index (χ4n) is 1.87. The van der Waals surface area contributed by atoms with Crippen LogP contribution in [0.3, 0.4) is 0 Å². The van der Waals surface area contributed by atoms with E-state index in [-0.39, 0.29) is 5.75 Å². The molecule has 0 unspecified atom stereocenters. The molecule has 3 rings (SSSR count). The van der Waals surface area contributed by atoms with Crippen molar-refractivity contribution in [2.24, 2.45) is 0 Å². The van der Waals surface area contributed by atoms with Gasteiger partial charge in [-0.05, 0) is 48.5 Å². The number of hydrogen-bond acceptors (Lipinski definition) is 6. The van der Waals surface area contributed by atoms with Crippen molar-refractivity contribution in [2.45, 2.75) is 12.8 Å². The number of alkyl halides is 3. The van der Waals surface area contributed by atoms with Gasteiger partial charge in [-0.3, -0.25) is 0 Å². The monoisotopic (exact) mass is 441 g/mol. The summed E-state index contributed by atoms with van der Waals surface area (Å²) in [6.45, 7) is 0.353.